The first-order valence-corrected chi connectivity index (χ1v) is 10.5. The van der Waals surface area contributed by atoms with Gasteiger partial charge in [0.05, 0.1) is 16.9 Å². The van der Waals surface area contributed by atoms with Crippen molar-refractivity contribution in [2.24, 2.45) is 5.73 Å². The van der Waals surface area contributed by atoms with Gasteiger partial charge in [-0.2, -0.15) is 10.2 Å². The van der Waals surface area contributed by atoms with Crippen LogP contribution in [0.4, 0.5) is 0 Å². The van der Waals surface area contributed by atoms with Crippen LogP contribution in [0.3, 0.4) is 0 Å². The molecule has 8 nitrogen and oxygen atoms in total. The van der Waals surface area contributed by atoms with Crippen LogP contribution in [-0.4, -0.2) is 35.1 Å². The topological polar surface area (TPSA) is 104 Å². The number of ketones is 1. The SMILES string of the molecule is CC(C)c1c(CC(=O)Cc2cnc(-n3cc(CN)cn3)c(Cl)c2)cnc2cc(Cl)nn12. The van der Waals surface area contributed by atoms with Crippen LogP contribution < -0.4 is 5.73 Å². The Labute approximate surface area is 189 Å². The summed E-state index contributed by atoms with van der Waals surface area (Å²) in [6.07, 6.45) is 7.24. The third-order valence-electron chi connectivity index (χ3n) is 4.87. The molecule has 0 amide bonds. The molecule has 2 N–H and O–H groups in total. The molecule has 0 bridgehead atoms. The lowest BCUT2D eigenvalue weighted by molar-refractivity contribution is -0.117. The maximum atomic E-state index is 12.8. The average Bonchev–Trinajstić information content (AvgIpc) is 3.33. The molecule has 0 saturated heterocycles. The Hall–Kier alpha value is -2.81. The first kappa shape index (κ1) is 21.4. The molecule has 4 aromatic heterocycles. The first-order valence-electron chi connectivity index (χ1n) is 9.79. The minimum absolute atomic E-state index is 0.0245. The van der Waals surface area contributed by atoms with Gasteiger partial charge in [0.25, 0.3) is 0 Å². The highest BCUT2D eigenvalue weighted by atomic mass is 35.5. The summed E-state index contributed by atoms with van der Waals surface area (Å²) < 4.78 is 3.28. The zero-order valence-electron chi connectivity index (χ0n) is 17.1. The van der Waals surface area contributed by atoms with E-state index in [4.69, 9.17) is 28.9 Å². The number of nitrogens with zero attached hydrogens (tertiary/aromatic N) is 6. The molecular formula is C21H21Cl2N7O. The zero-order valence-corrected chi connectivity index (χ0v) is 18.6. The second-order valence-corrected chi connectivity index (χ2v) is 8.39. The van der Waals surface area contributed by atoms with Crippen molar-refractivity contribution in [3.05, 3.63) is 69.5 Å². The van der Waals surface area contributed by atoms with Crippen LogP contribution in [0, 0.1) is 0 Å². The second kappa shape index (κ2) is 8.74. The summed E-state index contributed by atoms with van der Waals surface area (Å²) in [7, 11) is 0. The maximum absolute atomic E-state index is 12.8. The largest absolute Gasteiger partial charge is 0.326 e. The molecule has 4 aromatic rings. The molecule has 0 aliphatic rings. The molecule has 0 spiro atoms. The molecule has 160 valence electrons. The highest BCUT2D eigenvalue weighted by molar-refractivity contribution is 6.32. The van der Waals surface area contributed by atoms with Gasteiger partial charge >= 0.3 is 0 Å². The smallest absolute Gasteiger partial charge is 0.172 e. The lowest BCUT2D eigenvalue weighted by Gasteiger charge is -2.14. The van der Waals surface area contributed by atoms with Crippen molar-refractivity contribution in [3.63, 3.8) is 0 Å². The van der Waals surface area contributed by atoms with Crippen molar-refractivity contribution < 1.29 is 4.79 Å². The van der Waals surface area contributed by atoms with Gasteiger partial charge in [0.1, 0.15) is 5.78 Å². The number of nitrogens with two attached hydrogens (primary N) is 1. The highest BCUT2D eigenvalue weighted by Gasteiger charge is 2.18. The predicted octanol–water partition coefficient (Wildman–Crippen LogP) is 3.55. The number of hydrogen-bond acceptors (Lipinski definition) is 6. The fourth-order valence-electron chi connectivity index (χ4n) is 3.53. The van der Waals surface area contributed by atoms with Crippen LogP contribution in [0.5, 0.6) is 0 Å². The van der Waals surface area contributed by atoms with Crippen molar-refractivity contribution in [3.8, 4) is 5.82 Å². The van der Waals surface area contributed by atoms with Gasteiger partial charge in [0.15, 0.2) is 16.6 Å². The third kappa shape index (κ3) is 4.46. The van der Waals surface area contributed by atoms with E-state index in [9.17, 15) is 4.79 Å². The minimum Gasteiger partial charge on any atom is -0.326 e. The molecule has 31 heavy (non-hydrogen) atoms. The normalized spacial score (nSPS) is 11.5. The Kier molecular flexibility index (Phi) is 6.04. The van der Waals surface area contributed by atoms with Crippen LogP contribution in [0.15, 0.2) is 36.9 Å². The van der Waals surface area contributed by atoms with Gasteiger partial charge in [-0.1, -0.05) is 37.0 Å². The third-order valence-corrected chi connectivity index (χ3v) is 5.34. The molecular weight excluding hydrogens is 437 g/mol. The van der Waals surface area contributed by atoms with Crippen molar-refractivity contribution in [1.29, 1.82) is 0 Å². The summed E-state index contributed by atoms with van der Waals surface area (Å²) in [5.41, 5.74) is 9.64. The van der Waals surface area contributed by atoms with E-state index in [1.54, 1.807) is 46.1 Å². The van der Waals surface area contributed by atoms with E-state index in [1.807, 2.05) is 13.8 Å². The van der Waals surface area contributed by atoms with E-state index in [0.717, 1.165) is 22.4 Å². The second-order valence-electron chi connectivity index (χ2n) is 7.60. The molecule has 0 atom stereocenters. The Morgan fingerprint density at radius 1 is 1.10 bits per heavy atom. The van der Waals surface area contributed by atoms with Gasteiger partial charge < -0.3 is 5.73 Å². The standard InChI is InChI=1S/C21H21Cl2N7O/c1-12(2)20-15(10-25-19-6-18(23)28-30(19)20)5-16(31)3-13-4-17(22)21(26-8-13)29-11-14(7-24)9-27-29/h4,6,8-12H,3,5,7,24H2,1-2H3. The highest BCUT2D eigenvalue weighted by Crippen LogP contribution is 2.24. The van der Waals surface area contributed by atoms with E-state index in [2.05, 4.69) is 20.2 Å². The minimum atomic E-state index is 0.0245. The monoisotopic (exact) mass is 457 g/mol. The molecule has 0 unspecified atom stereocenters. The molecule has 4 rings (SSSR count). The molecule has 0 fully saturated rings. The van der Waals surface area contributed by atoms with Crippen LogP contribution >= 0.6 is 23.2 Å². The molecule has 4 heterocycles. The number of aromatic nitrogens is 6. The van der Waals surface area contributed by atoms with Gasteiger partial charge in [-0.3, -0.25) is 4.79 Å². The number of halogens is 2. The van der Waals surface area contributed by atoms with Crippen LogP contribution in [-0.2, 0) is 24.2 Å². The summed E-state index contributed by atoms with van der Waals surface area (Å²) in [6.45, 7) is 4.48. The molecule has 0 aliphatic heterocycles. The van der Waals surface area contributed by atoms with Crippen molar-refractivity contribution in [2.45, 2.75) is 39.2 Å². The van der Waals surface area contributed by atoms with Crippen molar-refractivity contribution in [1.82, 2.24) is 29.4 Å². The Morgan fingerprint density at radius 2 is 1.90 bits per heavy atom. The van der Waals surface area contributed by atoms with E-state index in [-0.39, 0.29) is 24.5 Å². The number of fused-ring (bicyclic) bond motifs is 1. The summed E-state index contributed by atoms with van der Waals surface area (Å²) >= 11 is 12.4. The number of pyridine rings is 1. The number of carbonyl (C=O) groups excluding carboxylic acids is 1. The summed E-state index contributed by atoms with van der Waals surface area (Å²) in [5.74, 6) is 0.661. The van der Waals surface area contributed by atoms with Gasteiger partial charge in [-0.05, 0) is 23.1 Å². The van der Waals surface area contributed by atoms with Gasteiger partial charge in [0.2, 0.25) is 0 Å². The molecule has 10 heteroatoms. The van der Waals surface area contributed by atoms with E-state index < -0.39 is 0 Å². The van der Waals surface area contributed by atoms with Crippen LogP contribution in [0.25, 0.3) is 11.5 Å². The van der Waals surface area contributed by atoms with Gasteiger partial charge in [-0.15, -0.1) is 0 Å². The predicted molar refractivity (Wildman–Crippen MR) is 119 cm³/mol. The van der Waals surface area contributed by atoms with Crippen molar-refractivity contribution in [2.75, 3.05) is 0 Å². The van der Waals surface area contributed by atoms with E-state index >= 15 is 0 Å². The molecule has 0 aliphatic carbocycles. The van der Waals surface area contributed by atoms with E-state index in [1.165, 1.54) is 0 Å². The fraction of sp³-hybridized carbons (Fsp3) is 0.286. The van der Waals surface area contributed by atoms with E-state index in [0.29, 0.717) is 28.2 Å². The fourth-order valence-corrected chi connectivity index (χ4v) is 3.98. The van der Waals surface area contributed by atoms with Gasteiger partial charge in [0, 0.05) is 49.6 Å². The van der Waals surface area contributed by atoms with Crippen LogP contribution in [0.2, 0.25) is 10.2 Å². The van der Waals surface area contributed by atoms with Crippen LogP contribution in [0.1, 0.15) is 42.1 Å². The Bertz CT molecular complexity index is 1260. The number of hydrogen-bond donors (Lipinski definition) is 1. The summed E-state index contributed by atoms with van der Waals surface area (Å²) in [6, 6.07) is 3.44. The maximum Gasteiger partial charge on any atom is 0.172 e. The molecule has 0 aromatic carbocycles. The quantitative estimate of drug-likeness (QED) is 0.454. The zero-order chi connectivity index (χ0) is 22.1. The lowest BCUT2D eigenvalue weighted by atomic mass is 9.99. The number of carbonyl (C=O) groups is 1. The molecule has 0 radical (unpaired) electrons. The Balaban J connectivity index is 1.54. The number of rotatable bonds is 7. The summed E-state index contributed by atoms with van der Waals surface area (Å²) in [5, 5.41) is 9.31. The Morgan fingerprint density at radius 3 is 2.58 bits per heavy atom. The lowest BCUT2D eigenvalue weighted by Crippen LogP contribution is -2.13. The first-order chi connectivity index (χ1) is 14.9. The van der Waals surface area contributed by atoms with Gasteiger partial charge in [-0.25, -0.2) is 19.2 Å². The van der Waals surface area contributed by atoms with Crippen molar-refractivity contribution >= 4 is 34.6 Å². The average molecular weight is 458 g/mol. The number of Topliss-reactive ketones (excluding diaryl/α,β-unsaturated/α-hetero) is 1. The molecule has 0 saturated carbocycles. The summed E-state index contributed by atoms with van der Waals surface area (Å²) in [4.78, 5) is 21.6.